The summed E-state index contributed by atoms with van der Waals surface area (Å²) in [5, 5.41) is 8.94. The molecule has 1 unspecified atom stereocenters. The van der Waals surface area contributed by atoms with Crippen LogP contribution in [0.2, 0.25) is 0 Å². The van der Waals surface area contributed by atoms with Crippen LogP contribution in [0.5, 0.6) is 11.5 Å². The number of benzene rings is 2. The summed E-state index contributed by atoms with van der Waals surface area (Å²) < 4.78 is 23.3. The highest BCUT2D eigenvalue weighted by molar-refractivity contribution is 8.00. The number of aromatic nitrogens is 1. The summed E-state index contributed by atoms with van der Waals surface area (Å²) in [6.07, 6.45) is 5.80. The Labute approximate surface area is 223 Å². The van der Waals surface area contributed by atoms with E-state index in [2.05, 4.69) is 9.71 Å². The number of carboxylic acid groups (broad SMARTS) is 1. The largest absolute Gasteiger partial charge is 0.478 e. The fraction of sp³-hybridized carbons (Fsp3) is 0.321. The van der Waals surface area contributed by atoms with E-state index < -0.39 is 5.97 Å². The van der Waals surface area contributed by atoms with Crippen molar-refractivity contribution in [3.63, 3.8) is 0 Å². The molecule has 0 saturated heterocycles. The number of nitrogens with one attached hydrogen (secondary N) is 1. The van der Waals surface area contributed by atoms with Crippen molar-refractivity contribution in [1.82, 2.24) is 4.98 Å². The van der Waals surface area contributed by atoms with Crippen molar-refractivity contribution in [3.05, 3.63) is 77.7 Å². The van der Waals surface area contributed by atoms with E-state index in [-0.39, 0.29) is 22.6 Å². The van der Waals surface area contributed by atoms with Gasteiger partial charge in [-0.1, -0.05) is 13.8 Å². The molecule has 3 aromatic rings. The number of halogens is 1. The van der Waals surface area contributed by atoms with Gasteiger partial charge in [-0.15, -0.1) is 8.58 Å². The Morgan fingerprint density at radius 2 is 1.81 bits per heavy atom. The highest BCUT2D eigenvalue weighted by Crippen LogP contribution is 2.29. The monoisotopic (exact) mass is 542 g/mol. The van der Waals surface area contributed by atoms with Gasteiger partial charge in [-0.3, -0.25) is 4.79 Å². The molecule has 1 atom stereocenters. The first-order valence-electron chi connectivity index (χ1n) is 12.0. The zero-order valence-corrected chi connectivity index (χ0v) is 23.0. The molecule has 1 aromatic heterocycles. The van der Waals surface area contributed by atoms with Crippen LogP contribution in [0.4, 0.5) is 10.2 Å². The summed E-state index contributed by atoms with van der Waals surface area (Å²) in [7, 11) is 0.738. The van der Waals surface area contributed by atoms with Crippen LogP contribution in [0, 0.1) is 11.2 Å². The van der Waals surface area contributed by atoms with E-state index in [1.807, 2.05) is 38.1 Å². The Morgan fingerprint density at radius 3 is 2.46 bits per heavy atom. The molecule has 2 N–H and O–H groups in total. The summed E-state index contributed by atoms with van der Waals surface area (Å²) in [6, 6.07) is 15.4. The van der Waals surface area contributed by atoms with Crippen molar-refractivity contribution >= 4 is 38.1 Å². The lowest BCUT2D eigenvalue weighted by molar-refractivity contribution is -0.123. The summed E-state index contributed by atoms with van der Waals surface area (Å²) in [5.74, 6) is 0.760. The van der Waals surface area contributed by atoms with Gasteiger partial charge in [0.05, 0.1) is 5.56 Å². The van der Waals surface area contributed by atoms with E-state index >= 15 is 0 Å². The second-order valence-corrected chi connectivity index (χ2v) is 11.6. The lowest BCUT2D eigenvalue weighted by Gasteiger charge is -2.20. The van der Waals surface area contributed by atoms with Gasteiger partial charge in [0, 0.05) is 16.5 Å². The van der Waals surface area contributed by atoms with E-state index in [0.29, 0.717) is 29.3 Å². The Morgan fingerprint density at radius 1 is 1.08 bits per heavy atom. The van der Waals surface area contributed by atoms with Gasteiger partial charge in [0.2, 0.25) is 0 Å². The highest BCUT2D eigenvalue weighted by Gasteiger charge is 2.22. The molecule has 0 amide bonds. The number of unbranched alkanes of at least 4 members (excludes halogenated alkanes) is 1. The molecule has 3 rings (SSSR count). The Hall–Kier alpha value is -2.96. The molecule has 0 bridgehead atoms. The number of rotatable bonds is 14. The van der Waals surface area contributed by atoms with Gasteiger partial charge >= 0.3 is 5.97 Å². The minimum Gasteiger partial charge on any atom is -0.478 e. The maximum atomic E-state index is 14.3. The zero-order valence-electron chi connectivity index (χ0n) is 21.2. The molecule has 9 heteroatoms. The van der Waals surface area contributed by atoms with Crippen molar-refractivity contribution in [2.45, 2.75) is 44.9 Å². The smallest absolute Gasteiger partial charge is 0.337 e. The molecule has 0 aliphatic heterocycles. The number of aryl methyl sites for hydroxylation is 1. The topological polar surface area (TPSA) is 88.5 Å². The zero-order chi connectivity index (χ0) is 26.8. The van der Waals surface area contributed by atoms with E-state index in [1.54, 1.807) is 25.1 Å². The number of nitrogens with zero attached hydrogens (tertiary/aromatic N) is 1. The predicted octanol–water partition coefficient (Wildman–Crippen LogP) is 7.45. The Kier molecular flexibility index (Phi) is 10.5. The lowest BCUT2D eigenvalue weighted by Crippen LogP contribution is -2.23. The molecule has 0 fully saturated rings. The number of Topliss-reactive ketones (excluding diaryl/α,β-unsaturated/α-hetero) is 1. The summed E-state index contributed by atoms with van der Waals surface area (Å²) >= 11 is 1.34. The highest BCUT2D eigenvalue weighted by atomic mass is 32.2. The molecule has 0 spiro atoms. The van der Waals surface area contributed by atoms with Gasteiger partial charge < -0.3 is 14.6 Å². The molecule has 6 nitrogen and oxygen atoms in total. The SMILES string of the molecule is CC(=O)C(C)(C)CPCCCCc1cc(Oc2ccc(SNc3ccc(C(=O)O)cn3)cc2)ccc1F. The van der Waals surface area contributed by atoms with Crippen LogP contribution in [-0.2, 0) is 11.2 Å². The lowest BCUT2D eigenvalue weighted by atomic mass is 9.92. The maximum absolute atomic E-state index is 14.3. The molecule has 0 aliphatic rings. The molecule has 2 aromatic carbocycles. The number of pyridine rings is 1. The van der Waals surface area contributed by atoms with Gasteiger partial charge in [0.15, 0.2) is 0 Å². The van der Waals surface area contributed by atoms with Crippen molar-refractivity contribution in [2.75, 3.05) is 17.0 Å². The summed E-state index contributed by atoms with van der Waals surface area (Å²) in [4.78, 5) is 27.5. The van der Waals surface area contributed by atoms with Gasteiger partial charge in [0.25, 0.3) is 0 Å². The number of anilines is 1. The minimum absolute atomic E-state index is 0.131. The molecular weight excluding hydrogens is 510 g/mol. The van der Waals surface area contributed by atoms with Crippen molar-refractivity contribution in [2.24, 2.45) is 5.41 Å². The van der Waals surface area contributed by atoms with Gasteiger partial charge in [-0.2, -0.15) is 0 Å². The molecule has 196 valence electrons. The second-order valence-electron chi connectivity index (χ2n) is 9.34. The van der Waals surface area contributed by atoms with E-state index in [4.69, 9.17) is 9.84 Å². The van der Waals surface area contributed by atoms with Crippen LogP contribution in [0.15, 0.2) is 65.7 Å². The van der Waals surface area contributed by atoms with Gasteiger partial charge in [-0.05, 0) is 111 Å². The van der Waals surface area contributed by atoms with Crippen LogP contribution in [0.3, 0.4) is 0 Å². The average Bonchev–Trinajstić information content (AvgIpc) is 2.87. The van der Waals surface area contributed by atoms with Gasteiger partial charge in [0.1, 0.15) is 28.9 Å². The summed E-state index contributed by atoms with van der Waals surface area (Å²) in [5.41, 5.74) is 0.519. The first kappa shape index (κ1) is 28.6. The Balaban J connectivity index is 1.46. The van der Waals surface area contributed by atoms with Crippen LogP contribution < -0.4 is 9.46 Å². The average molecular weight is 543 g/mol. The molecule has 1 heterocycles. The third kappa shape index (κ3) is 9.13. The quantitative estimate of drug-likeness (QED) is 0.124. The fourth-order valence-electron chi connectivity index (χ4n) is 3.30. The fourth-order valence-corrected chi connectivity index (χ4v) is 5.47. The number of carbonyl (C=O) groups excluding carboxylic acids is 1. The van der Waals surface area contributed by atoms with Crippen LogP contribution >= 0.6 is 20.5 Å². The standard InChI is InChI=1S/C28H32FN2O4PS/c1-19(32)28(2,3)18-36-15-5-4-6-20-16-23(10-13-25(20)29)35-22-8-11-24(12-9-22)37-31-26-14-7-21(17-30-26)27(33)34/h7-14,16-17,36H,4-6,15,18H2,1-3H3,(H,30,31)(H,33,34). The number of ketones is 1. The first-order chi connectivity index (χ1) is 17.6. The van der Waals surface area contributed by atoms with Crippen LogP contribution in [0.1, 0.15) is 49.5 Å². The summed E-state index contributed by atoms with van der Waals surface area (Å²) in [6.45, 7) is 5.64. The maximum Gasteiger partial charge on any atom is 0.337 e. The molecule has 0 saturated carbocycles. The molecular formula is C28H32FN2O4PS. The Bertz CT molecular complexity index is 1200. The predicted molar refractivity (Wildman–Crippen MR) is 149 cm³/mol. The van der Waals surface area contributed by atoms with E-state index in [9.17, 15) is 14.0 Å². The second kappa shape index (κ2) is 13.5. The van der Waals surface area contributed by atoms with Gasteiger partial charge in [-0.25, -0.2) is 14.2 Å². The molecule has 0 aliphatic carbocycles. The number of hydrogen-bond acceptors (Lipinski definition) is 6. The first-order valence-corrected chi connectivity index (χ1v) is 14.3. The molecule has 0 radical (unpaired) electrons. The van der Waals surface area contributed by atoms with Crippen molar-refractivity contribution in [3.8, 4) is 11.5 Å². The van der Waals surface area contributed by atoms with Crippen LogP contribution in [-0.4, -0.2) is 34.2 Å². The van der Waals surface area contributed by atoms with Crippen molar-refractivity contribution in [1.29, 1.82) is 0 Å². The normalized spacial score (nSPS) is 11.6. The molecule has 37 heavy (non-hydrogen) atoms. The van der Waals surface area contributed by atoms with E-state index in [1.165, 1.54) is 30.3 Å². The minimum atomic E-state index is -1.02. The number of carboxylic acids is 1. The number of carbonyl (C=O) groups is 2. The van der Waals surface area contributed by atoms with E-state index in [0.717, 1.165) is 38.6 Å². The van der Waals surface area contributed by atoms with Crippen LogP contribution in [0.25, 0.3) is 0 Å². The number of aromatic carboxylic acids is 1. The third-order valence-corrected chi connectivity index (χ3v) is 8.59. The van der Waals surface area contributed by atoms with Crippen molar-refractivity contribution < 1.29 is 23.8 Å². The number of ether oxygens (including phenoxy) is 1. The number of hydrogen-bond donors (Lipinski definition) is 2. The third-order valence-electron chi connectivity index (χ3n) is 5.93.